The zero-order valence-electron chi connectivity index (χ0n) is 17.3. The lowest BCUT2D eigenvalue weighted by molar-refractivity contribution is 0.289. The van der Waals surface area contributed by atoms with Crippen LogP contribution in [0.5, 0.6) is 17.2 Å². The first-order valence-corrected chi connectivity index (χ1v) is 10.3. The van der Waals surface area contributed by atoms with Gasteiger partial charge in [-0.25, -0.2) is 4.79 Å². The van der Waals surface area contributed by atoms with Crippen LogP contribution in [-0.2, 0) is 13.0 Å². The fourth-order valence-electron chi connectivity index (χ4n) is 3.81. The predicted molar refractivity (Wildman–Crippen MR) is 117 cm³/mol. The molecule has 0 fully saturated rings. The first kappa shape index (κ1) is 20.4. The fraction of sp³-hybridized carbons (Fsp3) is 0.348. The molecular formula is C23H24ClNO5. The van der Waals surface area contributed by atoms with Gasteiger partial charge in [0.15, 0.2) is 18.2 Å². The van der Waals surface area contributed by atoms with Crippen molar-refractivity contribution < 1.29 is 18.6 Å². The number of anilines is 1. The molecule has 0 saturated heterocycles. The molecule has 2 aromatic carbocycles. The second-order valence-electron chi connectivity index (χ2n) is 7.25. The van der Waals surface area contributed by atoms with Gasteiger partial charge < -0.3 is 23.5 Å². The molecule has 1 aliphatic heterocycles. The molecule has 0 aliphatic carbocycles. The molecule has 158 valence electrons. The molecule has 3 aromatic rings. The minimum Gasteiger partial charge on any atom is -0.493 e. The van der Waals surface area contributed by atoms with Crippen LogP contribution in [0.2, 0.25) is 5.02 Å². The van der Waals surface area contributed by atoms with E-state index in [9.17, 15) is 4.79 Å². The molecule has 2 heterocycles. The first-order chi connectivity index (χ1) is 14.5. The van der Waals surface area contributed by atoms with Crippen LogP contribution in [0.4, 0.5) is 5.69 Å². The van der Waals surface area contributed by atoms with Crippen molar-refractivity contribution in [3.8, 4) is 17.2 Å². The molecule has 0 atom stereocenters. The summed E-state index contributed by atoms with van der Waals surface area (Å²) in [6, 6.07) is 9.09. The van der Waals surface area contributed by atoms with Crippen LogP contribution in [0.1, 0.15) is 30.9 Å². The lowest BCUT2D eigenvalue weighted by Gasteiger charge is -2.32. The number of halogens is 1. The normalized spacial score (nSPS) is 13.1. The zero-order valence-corrected chi connectivity index (χ0v) is 18.0. The molecule has 30 heavy (non-hydrogen) atoms. The van der Waals surface area contributed by atoms with Crippen LogP contribution in [0.3, 0.4) is 0 Å². The first-order valence-electron chi connectivity index (χ1n) is 9.93. The number of ether oxygens (including phenoxy) is 3. The van der Waals surface area contributed by atoms with Crippen LogP contribution >= 0.6 is 11.6 Å². The molecule has 0 amide bonds. The molecule has 0 saturated carbocycles. The maximum Gasteiger partial charge on any atom is 0.336 e. The molecule has 0 radical (unpaired) electrons. The van der Waals surface area contributed by atoms with Gasteiger partial charge in [-0.05, 0) is 36.6 Å². The Balaban J connectivity index is 1.79. The number of methoxy groups -OCH3 is 2. The summed E-state index contributed by atoms with van der Waals surface area (Å²) in [6.45, 7) is 2.92. The molecule has 0 unspecified atom stereocenters. The molecule has 7 heteroatoms. The highest BCUT2D eigenvalue weighted by atomic mass is 35.5. The van der Waals surface area contributed by atoms with Gasteiger partial charge in [-0.15, -0.1) is 0 Å². The molecule has 4 rings (SSSR count). The molecule has 0 spiro atoms. The van der Waals surface area contributed by atoms with E-state index in [2.05, 4.69) is 6.92 Å². The van der Waals surface area contributed by atoms with Gasteiger partial charge in [-0.2, -0.15) is 0 Å². The Bertz CT molecular complexity index is 1140. The summed E-state index contributed by atoms with van der Waals surface area (Å²) in [5, 5.41) is 1.39. The van der Waals surface area contributed by atoms with E-state index in [-0.39, 0.29) is 5.63 Å². The number of aryl methyl sites for hydroxylation is 1. The summed E-state index contributed by atoms with van der Waals surface area (Å²) in [7, 11) is 3.20. The number of hydrogen-bond acceptors (Lipinski definition) is 6. The maximum absolute atomic E-state index is 12.3. The Labute approximate surface area is 179 Å². The minimum atomic E-state index is -0.360. The molecule has 6 nitrogen and oxygen atoms in total. The van der Waals surface area contributed by atoms with E-state index in [0.29, 0.717) is 41.1 Å². The average molecular weight is 430 g/mol. The summed E-state index contributed by atoms with van der Waals surface area (Å²) in [4.78, 5) is 14.3. The van der Waals surface area contributed by atoms with Gasteiger partial charge in [0.05, 0.1) is 31.4 Å². The number of hydrogen-bond donors (Lipinski definition) is 0. The van der Waals surface area contributed by atoms with Crippen molar-refractivity contribution in [2.75, 3.05) is 25.9 Å². The van der Waals surface area contributed by atoms with Gasteiger partial charge in [-0.3, -0.25) is 0 Å². The number of benzene rings is 2. The Morgan fingerprint density at radius 3 is 2.67 bits per heavy atom. The SMILES string of the molecule is CCCCc1cc(=O)oc2c3c(c(Cl)cc12)OCN(c1ccc(OC)c(OC)c1)C3. The van der Waals surface area contributed by atoms with Crippen LogP contribution in [-0.4, -0.2) is 21.0 Å². The largest absolute Gasteiger partial charge is 0.493 e. The lowest BCUT2D eigenvalue weighted by atomic mass is 10.0. The molecule has 1 aromatic heterocycles. The molecule has 0 bridgehead atoms. The average Bonchev–Trinajstić information content (AvgIpc) is 2.77. The third kappa shape index (κ3) is 3.67. The van der Waals surface area contributed by atoms with Crippen molar-refractivity contribution in [3.63, 3.8) is 0 Å². The number of nitrogens with zero attached hydrogens (tertiary/aromatic N) is 1. The Morgan fingerprint density at radius 1 is 1.13 bits per heavy atom. The Morgan fingerprint density at radius 2 is 1.93 bits per heavy atom. The number of unbranched alkanes of at least 4 members (excludes halogenated alkanes) is 1. The smallest absolute Gasteiger partial charge is 0.336 e. The van der Waals surface area contributed by atoms with Crippen LogP contribution < -0.4 is 24.7 Å². The van der Waals surface area contributed by atoms with Gasteiger partial charge in [0.25, 0.3) is 0 Å². The second kappa shape index (κ2) is 8.48. The zero-order chi connectivity index (χ0) is 21.3. The van der Waals surface area contributed by atoms with Crippen LogP contribution in [0.25, 0.3) is 11.0 Å². The van der Waals surface area contributed by atoms with Crippen LogP contribution in [0.15, 0.2) is 39.5 Å². The van der Waals surface area contributed by atoms with Crippen molar-refractivity contribution in [1.82, 2.24) is 0 Å². The van der Waals surface area contributed by atoms with Gasteiger partial charge >= 0.3 is 5.63 Å². The van der Waals surface area contributed by atoms with Crippen molar-refractivity contribution in [3.05, 3.63) is 56.9 Å². The van der Waals surface area contributed by atoms with Crippen molar-refractivity contribution in [2.24, 2.45) is 0 Å². The van der Waals surface area contributed by atoms with Crippen molar-refractivity contribution >= 4 is 28.3 Å². The van der Waals surface area contributed by atoms with Gasteiger partial charge in [-0.1, -0.05) is 24.9 Å². The summed E-state index contributed by atoms with van der Waals surface area (Å²) < 4.78 is 22.4. The van der Waals surface area contributed by atoms with E-state index in [1.165, 1.54) is 0 Å². The van der Waals surface area contributed by atoms with Crippen molar-refractivity contribution in [1.29, 1.82) is 0 Å². The molecule has 0 N–H and O–H groups in total. The van der Waals surface area contributed by atoms with E-state index in [0.717, 1.165) is 41.5 Å². The third-order valence-electron chi connectivity index (χ3n) is 5.37. The van der Waals surface area contributed by atoms with E-state index in [1.807, 2.05) is 29.2 Å². The standard InChI is InChI=1S/C23H24ClNO5/c1-4-5-6-14-9-21(26)30-22-16(14)11-18(24)23-17(22)12-25(13-29-23)15-7-8-19(27-2)20(10-15)28-3/h7-11H,4-6,12-13H2,1-3H3. The quantitative estimate of drug-likeness (QED) is 0.504. The minimum absolute atomic E-state index is 0.313. The summed E-state index contributed by atoms with van der Waals surface area (Å²) in [5.41, 5.74) is 2.81. The summed E-state index contributed by atoms with van der Waals surface area (Å²) in [5.74, 6) is 1.85. The lowest BCUT2D eigenvalue weighted by Crippen LogP contribution is -2.32. The maximum atomic E-state index is 12.3. The van der Waals surface area contributed by atoms with Crippen molar-refractivity contribution in [2.45, 2.75) is 32.7 Å². The van der Waals surface area contributed by atoms with E-state index in [4.69, 9.17) is 30.2 Å². The third-order valence-corrected chi connectivity index (χ3v) is 5.65. The van der Waals surface area contributed by atoms with Gasteiger partial charge in [0.1, 0.15) is 11.3 Å². The Hall–Kier alpha value is -2.86. The van der Waals surface area contributed by atoms with E-state index < -0.39 is 0 Å². The molecule has 1 aliphatic rings. The highest BCUT2D eigenvalue weighted by Gasteiger charge is 2.26. The summed E-state index contributed by atoms with van der Waals surface area (Å²) in [6.07, 6.45) is 2.83. The Kier molecular flexibility index (Phi) is 5.77. The number of rotatable bonds is 6. The topological polar surface area (TPSA) is 61.1 Å². The number of fused-ring (bicyclic) bond motifs is 3. The summed E-state index contributed by atoms with van der Waals surface area (Å²) >= 11 is 6.55. The van der Waals surface area contributed by atoms with E-state index >= 15 is 0 Å². The monoisotopic (exact) mass is 429 g/mol. The fourth-order valence-corrected chi connectivity index (χ4v) is 4.09. The van der Waals surface area contributed by atoms with Gasteiger partial charge in [0, 0.05) is 23.2 Å². The second-order valence-corrected chi connectivity index (χ2v) is 7.65. The molecular weight excluding hydrogens is 406 g/mol. The van der Waals surface area contributed by atoms with Crippen LogP contribution in [0, 0.1) is 0 Å². The van der Waals surface area contributed by atoms with E-state index in [1.54, 1.807) is 20.3 Å². The predicted octanol–water partition coefficient (Wildman–Crippen LogP) is 5.16. The highest BCUT2D eigenvalue weighted by molar-refractivity contribution is 6.33. The highest BCUT2D eigenvalue weighted by Crippen LogP contribution is 2.41. The van der Waals surface area contributed by atoms with Gasteiger partial charge in [0.2, 0.25) is 0 Å².